The number of hydrogen-bond acceptors (Lipinski definition) is 3. The smallest absolute Gasteiger partial charge is 0.262 e. The Hall–Kier alpha value is -3.15. The number of para-hydroxylation sites is 1. The number of benzene rings is 2. The van der Waals surface area contributed by atoms with E-state index >= 15 is 0 Å². The molecular weight excluding hydrogens is 333 g/mol. The molecule has 134 valence electrons. The van der Waals surface area contributed by atoms with Gasteiger partial charge in [-0.15, -0.1) is 0 Å². The van der Waals surface area contributed by atoms with Gasteiger partial charge in [-0.25, -0.2) is 9.07 Å². The minimum Gasteiger partial charge on any atom is -0.481 e. The lowest BCUT2D eigenvalue weighted by molar-refractivity contribution is -0.118. The monoisotopic (exact) mass is 353 g/mol. The second-order valence-corrected chi connectivity index (χ2v) is 6.06. The Morgan fingerprint density at radius 3 is 2.50 bits per heavy atom. The van der Waals surface area contributed by atoms with Gasteiger partial charge in [0.1, 0.15) is 0 Å². The molecule has 1 N–H and O–H groups in total. The molecular formula is C20H20FN3O2. The van der Waals surface area contributed by atoms with Crippen LogP contribution in [0.4, 0.5) is 10.1 Å². The Balaban J connectivity index is 1.72. The van der Waals surface area contributed by atoms with Crippen molar-refractivity contribution in [3.05, 3.63) is 71.3 Å². The highest BCUT2D eigenvalue weighted by Crippen LogP contribution is 2.23. The van der Waals surface area contributed by atoms with Crippen LogP contribution in [0.3, 0.4) is 0 Å². The fourth-order valence-corrected chi connectivity index (χ4v) is 2.64. The van der Waals surface area contributed by atoms with Crippen LogP contribution >= 0.6 is 0 Å². The van der Waals surface area contributed by atoms with Crippen molar-refractivity contribution in [3.8, 4) is 11.4 Å². The predicted octanol–water partition coefficient (Wildman–Crippen LogP) is 3.95. The van der Waals surface area contributed by atoms with Crippen LogP contribution in [0.1, 0.15) is 17.0 Å². The number of nitrogens with one attached hydrogen (secondary N) is 1. The lowest BCUT2D eigenvalue weighted by atomic mass is 10.2. The number of rotatable bonds is 5. The van der Waals surface area contributed by atoms with Crippen molar-refractivity contribution >= 4 is 11.6 Å². The van der Waals surface area contributed by atoms with E-state index in [0.717, 1.165) is 16.9 Å². The number of halogens is 1. The summed E-state index contributed by atoms with van der Waals surface area (Å²) in [7, 11) is 0. The normalized spacial score (nSPS) is 10.6. The zero-order valence-corrected chi connectivity index (χ0v) is 14.9. The third-order valence-electron chi connectivity index (χ3n) is 4.03. The van der Waals surface area contributed by atoms with Crippen LogP contribution in [0.2, 0.25) is 0 Å². The van der Waals surface area contributed by atoms with Gasteiger partial charge in [0, 0.05) is 0 Å². The Labute approximate surface area is 151 Å². The van der Waals surface area contributed by atoms with E-state index in [1.165, 1.54) is 12.1 Å². The quantitative estimate of drug-likeness (QED) is 0.755. The number of amides is 1. The highest BCUT2D eigenvalue weighted by Gasteiger charge is 2.16. The Kier molecular flexibility index (Phi) is 5.02. The molecule has 0 saturated heterocycles. The number of hydrogen-bond donors (Lipinski definition) is 1. The van der Waals surface area contributed by atoms with E-state index in [9.17, 15) is 9.18 Å². The molecule has 3 rings (SSSR count). The predicted molar refractivity (Wildman–Crippen MR) is 98.3 cm³/mol. The van der Waals surface area contributed by atoms with E-state index in [2.05, 4.69) is 10.4 Å². The first-order valence-corrected chi connectivity index (χ1v) is 8.26. The van der Waals surface area contributed by atoms with E-state index < -0.39 is 5.82 Å². The standard InChI is InChI=1S/C20H20FN3O2/c1-13-8-10-16(11-9-13)24-15(3)20(14(2)23-24)22-19(25)12-26-18-7-5-4-6-17(18)21/h4-11H,12H2,1-3H3,(H,22,25). The summed E-state index contributed by atoms with van der Waals surface area (Å²) in [5.74, 6) is -0.825. The molecule has 1 heterocycles. The molecule has 0 fully saturated rings. The van der Waals surface area contributed by atoms with Gasteiger partial charge in [0.25, 0.3) is 5.91 Å². The summed E-state index contributed by atoms with van der Waals surface area (Å²) in [5, 5.41) is 7.30. The van der Waals surface area contributed by atoms with Crippen LogP contribution < -0.4 is 10.1 Å². The highest BCUT2D eigenvalue weighted by molar-refractivity contribution is 5.93. The fourth-order valence-electron chi connectivity index (χ4n) is 2.64. The molecule has 1 aromatic heterocycles. The SMILES string of the molecule is Cc1ccc(-n2nc(C)c(NC(=O)COc3ccccc3F)c2C)cc1. The molecule has 0 atom stereocenters. The van der Waals surface area contributed by atoms with E-state index in [4.69, 9.17) is 4.74 Å². The molecule has 1 amide bonds. The average Bonchev–Trinajstić information content (AvgIpc) is 2.90. The number of nitrogens with zero attached hydrogens (tertiary/aromatic N) is 2. The van der Waals surface area contributed by atoms with Crippen molar-refractivity contribution in [3.63, 3.8) is 0 Å². The van der Waals surface area contributed by atoms with E-state index in [-0.39, 0.29) is 18.3 Å². The van der Waals surface area contributed by atoms with Crippen LogP contribution in [0.5, 0.6) is 5.75 Å². The molecule has 0 aliphatic carbocycles. The third kappa shape index (κ3) is 3.74. The van der Waals surface area contributed by atoms with Crippen molar-refractivity contribution in [1.82, 2.24) is 9.78 Å². The van der Waals surface area contributed by atoms with Crippen LogP contribution in [-0.2, 0) is 4.79 Å². The van der Waals surface area contributed by atoms with Crippen molar-refractivity contribution < 1.29 is 13.9 Å². The molecule has 2 aromatic carbocycles. The Morgan fingerprint density at radius 2 is 1.81 bits per heavy atom. The van der Waals surface area contributed by atoms with Gasteiger partial charge in [-0.3, -0.25) is 4.79 Å². The number of aromatic nitrogens is 2. The maximum Gasteiger partial charge on any atom is 0.262 e. The summed E-state index contributed by atoms with van der Waals surface area (Å²) in [6, 6.07) is 13.9. The number of anilines is 1. The minimum absolute atomic E-state index is 0.0476. The molecule has 0 bridgehead atoms. The number of carbonyl (C=O) groups is 1. The largest absolute Gasteiger partial charge is 0.481 e. The van der Waals surface area contributed by atoms with Gasteiger partial charge >= 0.3 is 0 Å². The first-order chi connectivity index (χ1) is 12.5. The molecule has 0 radical (unpaired) electrons. The molecule has 26 heavy (non-hydrogen) atoms. The lowest BCUT2D eigenvalue weighted by Crippen LogP contribution is -2.21. The van der Waals surface area contributed by atoms with Gasteiger partial charge < -0.3 is 10.1 Å². The van der Waals surface area contributed by atoms with Crippen LogP contribution in [0.25, 0.3) is 5.69 Å². The molecule has 0 saturated carbocycles. The van der Waals surface area contributed by atoms with Gasteiger partial charge in [0.15, 0.2) is 18.2 Å². The molecule has 0 aliphatic heterocycles. The maximum absolute atomic E-state index is 13.5. The third-order valence-corrected chi connectivity index (χ3v) is 4.03. The van der Waals surface area contributed by atoms with Gasteiger partial charge in [-0.1, -0.05) is 29.8 Å². The number of carbonyl (C=O) groups excluding carboxylic acids is 1. The van der Waals surface area contributed by atoms with Gasteiger partial charge in [0.05, 0.1) is 22.8 Å². The summed E-state index contributed by atoms with van der Waals surface area (Å²) in [6.45, 7) is 5.44. The zero-order valence-electron chi connectivity index (χ0n) is 14.9. The molecule has 3 aromatic rings. The van der Waals surface area contributed by atoms with Crippen molar-refractivity contribution in [2.24, 2.45) is 0 Å². The van der Waals surface area contributed by atoms with Gasteiger partial charge in [-0.05, 0) is 45.0 Å². The Bertz CT molecular complexity index is 933. The van der Waals surface area contributed by atoms with Crippen LogP contribution in [-0.4, -0.2) is 22.3 Å². The average molecular weight is 353 g/mol. The van der Waals surface area contributed by atoms with E-state index in [0.29, 0.717) is 11.4 Å². The molecule has 0 unspecified atom stereocenters. The first kappa shape index (κ1) is 17.7. The summed E-state index contributed by atoms with van der Waals surface area (Å²) in [5.41, 5.74) is 4.22. The van der Waals surface area contributed by atoms with Gasteiger partial charge in [-0.2, -0.15) is 5.10 Å². The summed E-state index contributed by atoms with van der Waals surface area (Å²) >= 11 is 0. The first-order valence-electron chi connectivity index (χ1n) is 8.26. The van der Waals surface area contributed by atoms with Crippen molar-refractivity contribution in [2.45, 2.75) is 20.8 Å². The van der Waals surface area contributed by atoms with Crippen molar-refractivity contribution in [1.29, 1.82) is 0 Å². The second kappa shape index (κ2) is 7.39. The van der Waals surface area contributed by atoms with Gasteiger partial charge in [0.2, 0.25) is 0 Å². The second-order valence-electron chi connectivity index (χ2n) is 6.06. The molecule has 5 nitrogen and oxygen atoms in total. The molecule has 0 spiro atoms. The van der Waals surface area contributed by atoms with Crippen LogP contribution in [0.15, 0.2) is 48.5 Å². The van der Waals surface area contributed by atoms with E-state index in [1.54, 1.807) is 16.8 Å². The fraction of sp³-hybridized carbons (Fsp3) is 0.200. The summed E-state index contributed by atoms with van der Waals surface area (Å²) in [4.78, 5) is 12.2. The minimum atomic E-state index is -0.500. The lowest BCUT2D eigenvalue weighted by Gasteiger charge is -2.09. The highest BCUT2D eigenvalue weighted by atomic mass is 19.1. The number of ether oxygens (including phenoxy) is 1. The Morgan fingerprint density at radius 1 is 1.12 bits per heavy atom. The number of aryl methyl sites for hydroxylation is 2. The molecule has 6 heteroatoms. The zero-order chi connectivity index (χ0) is 18.7. The maximum atomic E-state index is 13.5. The summed E-state index contributed by atoms with van der Waals surface area (Å²) < 4.78 is 20.6. The molecule has 0 aliphatic rings. The van der Waals surface area contributed by atoms with Crippen LogP contribution in [0, 0.1) is 26.6 Å². The van der Waals surface area contributed by atoms with Crippen molar-refractivity contribution in [2.75, 3.05) is 11.9 Å². The topological polar surface area (TPSA) is 56.2 Å². The van der Waals surface area contributed by atoms with E-state index in [1.807, 2.05) is 45.0 Å². The summed E-state index contributed by atoms with van der Waals surface area (Å²) in [6.07, 6.45) is 0.